The lowest BCUT2D eigenvalue weighted by molar-refractivity contribution is 0.193. The van der Waals surface area contributed by atoms with Crippen molar-refractivity contribution in [3.63, 3.8) is 0 Å². The molecule has 0 atom stereocenters. The molecule has 1 fully saturated rings. The Morgan fingerprint density at radius 1 is 1.32 bits per heavy atom. The van der Waals surface area contributed by atoms with Crippen LogP contribution in [0.25, 0.3) is 11.3 Å². The Bertz CT molecular complexity index is 992. The number of carbonyl (C=O) groups excluding carboxylic acids is 1. The summed E-state index contributed by atoms with van der Waals surface area (Å²) < 4.78 is 18.6. The topological polar surface area (TPSA) is 71.3 Å². The van der Waals surface area contributed by atoms with E-state index in [0.717, 1.165) is 40.4 Å². The van der Waals surface area contributed by atoms with Gasteiger partial charge in [0, 0.05) is 35.5 Å². The number of hydrogen-bond acceptors (Lipinski definition) is 5. The van der Waals surface area contributed by atoms with Gasteiger partial charge in [0.2, 0.25) is 5.88 Å². The van der Waals surface area contributed by atoms with E-state index >= 15 is 0 Å². The molecule has 0 saturated carbocycles. The van der Waals surface area contributed by atoms with Crippen LogP contribution in [0.5, 0.6) is 0 Å². The third-order valence-electron chi connectivity index (χ3n) is 5.15. The van der Waals surface area contributed by atoms with E-state index in [2.05, 4.69) is 10.5 Å². The molecule has 8 heteroatoms. The van der Waals surface area contributed by atoms with Crippen LogP contribution in [-0.2, 0) is 0 Å². The number of amides is 2. The Morgan fingerprint density at radius 2 is 2.11 bits per heavy atom. The van der Waals surface area contributed by atoms with Crippen LogP contribution in [0.3, 0.4) is 0 Å². The van der Waals surface area contributed by atoms with Gasteiger partial charge in [-0.25, -0.2) is 14.2 Å². The Balaban J connectivity index is 1.36. The van der Waals surface area contributed by atoms with E-state index in [1.54, 1.807) is 22.3 Å². The van der Waals surface area contributed by atoms with Crippen LogP contribution in [0.2, 0.25) is 0 Å². The lowest BCUT2D eigenvalue weighted by atomic mass is 9.98. The van der Waals surface area contributed by atoms with Gasteiger partial charge >= 0.3 is 6.03 Å². The molecule has 1 aliphatic heterocycles. The van der Waals surface area contributed by atoms with Crippen molar-refractivity contribution >= 4 is 23.3 Å². The van der Waals surface area contributed by atoms with E-state index in [1.807, 2.05) is 25.3 Å². The van der Waals surface area contributed by atoms with Gasteiger partial charge < -0.3 is 9.42 Å². The third-order valence-corrected chi connectivity index (χ3v) is 6.16. The highest BCUT2D eigenvalue weighted by molar-refractivity contribution is 7.10. The number of thiazole rings is 1. The van der Waals surface area contributed by atoms with Crippen LogP contribution in [0.4, 0.5) is 15.1 Å². The van der Waals surface area contributed by atoms with Gasteiger partial charge in [0.1, 0.15) is 5.82 Å². The summed E-state index contributed by atoms with van der Waals surface area (Å²) in [4.78, 5) is 19.0. The molecular formula is C20H21FN4O2S. The molecule has 2 amide bonds. The molecular weight excluding hydrogens is 379 g/mol. The molecule has 0 unspecified atom stereocenters. The molecule has 0 aliphatic carbocycles. The van der Waals surface area contributed by atoms with Gasteiger partial charge in [-0.15, -0.1) is 11.3 Å². The van der Waals surface area contributed by atoms with Crippen molar-refractivity contribution in [1.29, 1.82) is 0 Å². The molecule has 1 aliphatic rings. The normalized spacial score (nSPS) is 15.0. The van der Waals surface area contributed by atoms with Crippen molar-refractivity contribution in [3.8, 4) is 11.3 Å². The fourth-order valence-electron chi connectivity index (χ4n) is 3.29. The first-order valence-electron chi connectivity index (χ1n) is 9.21. The van der Waals surface area contributed by atoms with Crippen LogP contribution in [-0.4, -0.2) is 34.2 Å². The summed E-state index contributed by atoms with van der Waals surface area (Å²) in [7, 11) is 0. The number of hydrogen-bond donors (Lipinski definition) is 1. The summed E-state index contributed by atoms with van der Waals surface area (Å²) in [5.41, 5.74) is 3.20. The number of likely N-dealkylation sites (tertiary alicyclic amines) is 1. The second kappa shape index (κ2) is 7.71. The molecule has 3 heterocycles. The highest BCUT2D eigenvalue weighted by Gasteiger charge is 2.26. The number of nitrogens with zero attached hydrogens (tertiary/aromatic N) is 3. The quantitative estimate of drug-likeness (QED) is 0.674. The van der Waals surface area contributed by atoms with Crippen LogP contribution in [0.1, 0.15) is 35.0 Å². The minimum atomic E-state index is -0.261. The Labute approximate surface area is 166 Å². The van der Waals surface area contributed by atoms with Gasteiger partial charge in [-0.2, -0.15) is 0 Å². The highest BCUT2D eigenvalue weighted by atomic mass is 32.1. The van der Waals surface area contributed by atoms with Crippen molar-refractivity contribution in [2.75, 3.05) is 18.4 Å². The number of aromatic nitrogens is 2. The lowest BCUT2D eigenvalue weighted by Gasteiger charge is -2.30. The maximum absolute atomic E-state index is 13.4. The average molecular weight is 400 g/mol. The van der Waals surface area contributed by atoms with Gasteiger partial charge in [-0.05, 0) is 38.8 Å². The molecule has 146 valence electrons. The molecule has 6 nitrogen and oxygen atoms in total. The van der Waals surface area contributed by atoms with Gasteiger partial charge in [-0.1, -0.05) is 17.3 Å². The first kappa shape index (κ1) is 18.6. The first-order valence-corrected chi connectivity index (χ1v) is 10.1. The lowest BCUT2D eigenvalue weighted by Crippen LogP contribution is -2.40. The average Bonchev–Trinajstić information content (AvgIpc) is 3.31. The summed E-state index contributed by atoms with van der Waals surface area (Å²) in [6.07, 6.45) is 1.69. The van der Waals surface area contributed by atoms with Gasteiger partial charge in [0.25, 0.3) is 0 Å². The number of rotatable bonds is 3. The fourth-order valence-corrected chi connectivity index (χ4v) is 4.29. The molecule has 1 N–H and O–H groups in total. The van der Waals surface area contributed by atoms with E-state index in [4.69, 9.17) is 9.51 Å². The number of piperidine rings is 1. The van der Waals surface area contributed by atoms with Crippen LogP contribution >= 0.6 is 11.3 Å². The number of benzene rings is 1. The molecule has 4 rings (SSSR count). The monoisotopic (exact) mass is 400 g/mol. The first-order chi connectivity index (χ1) is 13.5. The second-order valence-corrected chi connectivity index (χ2v) is 7.88. The van der Waals surface area contributed by atoms with Crippen LogP contribution in [0.15, 0.2) is 34.2 Å². The number of halogens is 1. The molecule has 2 aromatic heterocycles. The number of nitrogens with one attached hydrogen (secondary N) is 1. The largest absolute Gasteiger partial charge is 0.338 e. The van der Waals surface area contributed by atoms with Gasteiger partial charge in [0.15, 0.2) is 0 Å². The SMILES string of the molecule is Cc1noc(NC(=O)N2CCC(c3nc(-c4cccc(F)c4)cs3)CC2)c1C. The van der Waals surface area contributed by atoms with Gasteiger partial charge in [-0.3, -0.25) is 5.32 Å². The molecule has 1 saturated heterocycles. The van der Waals surface area contributed by atoms with Crippen LogP contribution in [0, 0.1) is 19.7 Å². The summed E-state index contributed by atoms with van der Waals surface area (Å²) in [6, 6.07) is 6.32. The predicted molar refractivity (Wildman–Crippen MR) is 106 cm³/mol. The maximum Gasteiger partial charge on any atom is 0.324 e. The summed E-state index contributed by atoms with van der Waals surface area (Å²) in [5.74, 6) is 0.457. The predicted octanol–water partition coefficient (Wildman–Crippen LogP) is 4.97. The van der Waals surface area contributed by atoms with Crippen molar-refractivity contribution in [3.05, 3.63) is 51.7 Å². The van der Waals surface area contributed by atoms with Crippen LogP contribution < -0.4 is 5.32 Å². The minimum Gasteiger partial charge on any atom is -0.338 e. The van der Waals surface area contributed by atoms with Crippen molar-refractivity contribution in [1.82, 2.24) is 15.0 Å². The third kappa shape index (κ3) is 3.77. The summed E-state index contributed by atoms with van der Waals surface area (Å²) in [5, 5.41) is 9.67. The fraction of sp³-hybridized carbons (Fsp3) is 0.350. The van der Waals surface area contributed by atoms with Crippen molar-refractivity contribution in [2.24, 2.45) is 0 Å². The Hall–Kier alpha value is -2.74. The number of urea groups is 1. The summed E-state index contributed by atoms with van der Waals surface area (Å²) >= 11 is 1.60. The van der Waals surface area contributed by atoms with E-state index < -0.39 is 0 Å². The maximum atomic E-state index is 13.4. The molecule has 0 bridgehead atoms. The van der Waals surface area contributed by atoms with E-state index in [-0.39, 0.29) is 11.8 Å². The summed E-state index contributed by atoms with van der Waals surface area (Å²) in [6.45, 7) is 5.01. The smallest absolute Gasteiger partial charge is 0.324 e. The van der Waals surface area contributed by atoms with E-state index in [0.29, 0.717) is 24.9 Å². The van der Waals surface area contributed by atoms with E-state index in [9.17, 15) is 9.18 Å². The van der Waals surface area contributed by atoms with E-state index in [1.165, 1.54) is 12.1 Å². The molecule has 0 radical (unpaired) electrons. The number of aryl methyl sites for hydroxylation is 1. The zero-order chi connectivity index (χ0) is 19.7. The van der Waals surface area contributed by atoms with Gasteiger partial charge in [0.05, 0.1) is 16.4 Å². The molecule has 0 spiro atoms. The number of anilines is 1. The Kier molecular flexibility index (Phi) is 5.13. The number of carbonyl (C=O) groups is 1. The van der Waals surface area contributed by atoms with Crippen molar-refractivity contribution in [2.45, 2.75) is 32.6 Å². The standard InChI is InChI=1S/C20H21FN4O2S/c1-12-13(2)24-27-18(12)23-20(26)25-8-6-14(7-9-25)19-22-17(11-28-19)15-4-3-5-16(21)10-15/h3-5,10-11,14H,6-9H2,1-2H3,(H,23,26). The zero-order valence-corrected chi connectivity index (χ0v) is 16.6. The van der Waals surface area contributed by atoms with Crippen molar-refractivity contribution < 1.29 is 13.7 Å². The molecule has 3 aromatic rings. The zero-order valence-electron chi connectivity index (χ0n) is 15.7. The highest BCUT2D eigenvalue weighted by Crippen LogP contribution is 2.33. The minimum absolute atomic E-state index is 0.169. The Morgan fingerprint density at radius 3 is 2.79 bits per heavy atom. The second-order valence-electron chi connectivity index (χ2n) is 6.99. The molecule has 1 aromatic carbocycles. The molecule has 28 heavy (non-hydrogen) atoms.